The second kappa shape index (κ2) is 16.5. The van der Waals surface area contributed by atoms with E-state index in [1.165, 1.54) is 19.3 Å². The quantitative estimate of drug-likeness (QED) is 0.130. The summed E-state index contributed by atoms with van der Waals surface area (Å²) in [6, 6.07) is 7.93. The molecule has 0 aliphatic carbocycles. The van der Waals surface area contributed by atoms with Crippen molar-refractivity contribution < 1.29 is 9.30 Å². The predicted octanol–water partition coefficient (Wildman–Crippen LogP) is 6.26. The molecule has 7 rings (SSSR count). The molecule has 276 valence electrons. The van der Waals surface area contributed by atoms with Gasteiger partial charge in [-0.15, -0.1) is 12.4 Å². The van der Waals surface area contributed by atoms with E-state index in [1.807, 2.05) is 36.3 Å². The van der Waals surface area contributed by atoms with Gasteiger partial charge in [-0.2, -0.15) is 10.1 Å². The summed E-state index contributed by atoms with van der Waals surface area (Å²) in [6.45, 7) is 10.9. The van der Waals surface area contributed by atoms with Gasteiger partial charge in [0.1, 0.15) is 24.2 Å². The molecule has 0 radical (unpaired) electrons. The van der Waals surface area contributed by atoms with Crippen LogP contribution in [0.5, 0.6) is 5.75 Å². The van der Waals surface area contributed by atoms with E-state index in [2.05, 4.69) is 73.9 Å². The molecule has 5 aromatic rings. The van der Waals surface area contributed by atoms with E-state index >= 15 is 0 Å². The summed E-state index contributed by atoms with van der Waals surface area (Å²) in [4.78, 5) is 23.4. The highest BCUT2D eigenvalue weighted by Gasteiger charge is 2.25. The fourth-order valence-electron chi connectivity index (χ4n) is 7.07. The van der Waals surface area contributed by atoms with Crippen molar-refractivity contribution in [3.05, 3.63) is 59.7 Å². The lowest BCUT2D eigenvalue weighted by Crippen LogP contribution is -2.47. The number of halogens is 2. The Hall–Kier alpha value is -3.81. The van der Waals surface area contributed by atoms with Crippen LogP contribution in [0.4, 0.5) is 28.8 Å². The van der Waals surface area contributed by atoms with Crippen molar-refractivity contribution in [1.29, 1.82) is 0 Å². The van der Waals surface area contributed by atoms with Crippen LogP contribution < -0.4 is 30.9 Å². The van der Waals surface area contributed by atoms with E-state index in [0.717, 1.165) is 74.2 Å². The fraction of sp³-hybridized carbons (Fsp3) is 0.417. The summed E-state index contributed by atoms with van der Waals surface area (Å²) in [5, 5.41) is 15.4. The fourth-order valence-corrected chi connectivity index (χ4v) is 8.75. The Balaban J connectivity index is 0.00000464. The molecule has 0 amide bonds. The molecule has 16 heteroatoms. The number of aromatic nitrogens is 6. The molecule has 5 heterocycles. The standard InChI is InChI=1S/C36H45BrN11O2P.ClH/c1-46-23-25(21-42-46)26-19-30(32(50-2)20-31(26)48-17-15-47(16-18-48)14-9-24-7-10-38-11-8-24)44-36-41-22-27(37)35(45-36)43-29-6-5-28-33(40-13-12-39-28)34(29)51(3,4)49;/h5-6,12-13,19-24,38H,7-11,14-18H2,1-4H3,(H2,41,43,44,45);1H. The number of hydrogen-bond donors (Lipinski definition) is 3. The van der Waals surface area contributed by atoms with Crippen molar-refractivity contribution >= 4 is 80.6 Å². The summed E-state index contributed by atoms with van der Waals surface area (Å²) in [7, 11) is 0.847. The van der Waals surface area contributed by atoms with Gasteiger partial charge < -0.3 is 30.2 Å². The Bertz CT molecular complexity index is 2060. The van der Waals surface area contributed by atoms with Crippen LogP contribution in [-0.2, 0) is 11.6 Å². The number of benzene rings is 2. The summed E-state index contributed by atoms with van der Waals surface area (Å²) in [5.74, 6) is 2.39. The first kappa shape index (κ1) is 37.9. The Morgan fingerprint density at radius 2 is 1.77 bits per heavy atom. The molecule has 2 fully saturated rings. The average Bonchev–Trinajstić information content (AvgIpc) is 3.58. The number of piperidine rings is 1. The van der Waals surface area contributed by atoms with E-state index < -0.39 is 7.14 Å². The first-order valence-corrected chi connectivity index (χ1v) is 20.8. The number of anilines is 5. The van der Waals surface area contributed by atoms with Gasteiger partial charge in [-0.3, -0.25) is 19.5 Å². The van der Waals surface area contributed by atoms with E-state index in [0.29, 0.717) is 44.0 Å². The summed E-state index contributed by atoms with van der Waals surface area (Å²) < 4.78 is 21.9. The number of aryl methyl sites for hydroxylation is 1. The number of rotatable bonds is 11. The highest BCUT2D eigenvalue weighted by atomic mass is 79.9. The molecule has 0 spiro atoms. The van der Waals surface area contributed by atoms with Crippen LogP contribution in [0.15, 0.2) is 59.7 Å². The van der Waals surface area contributed by atoms with E-state index in [-0.39, 0.29) is 12.4 Å². The number of nitrogens with zero attached hydrogens (tertiary/aromatic N) is 8. The number of ether oxygens (including phenoxy) is 1. The second-order valence-corrected chi connectivity index (χ2v) is 17.7. The molecule has 3 N–H and O–H groups in total. The van der Waals surface area contributed by atoms with E-state index in [4.69, 9.17) is 9.72 Å². The van der Waals surface area contributed by atoms with Gasteiger partial charge in [0.25, 0.3) is 0 Å². The van der Waals surface area contributed by atoms with Crippen LogP contribution in [-0.4, -0.2) is 101 Å². The van der Waals surface area contributed by atoms with Crippen LogP contribution in [0.2, 0.25) is 0 Å². The van der Waals surface area contributed by atoms with Crippen molar-refractivity contribution in [1.82, 2.24) is 39.9 Å². The van der Waals surface area contributed by atoms with E-state index in [9.17, 15) is 4.57 Å². The normalized spacial score (nSPS) is 15.8. The van der Waals surface area contributed by atoms with Crippen LogP contribution in [0.25, 0.3) is 22.2 Å². The van der Waals surface area contributed by atoms with Gasteiger partial charge >= 0.3 is 0 Å². The smallest absolute Gasteiger partial charge is 0.229 e. The minimum absolute atomic E-state index is 0. The Kier molecular flexibility index (Phi) is 12.0. The summed E-state index contributed by atoms with van der Waals surface area (Å²) >= 11 is 3.60. The van der Waals surface area contributed by atoms with Crippen LogP contribution >= 0.6 is 35.5 Å². The van der Waals surface area contributed by atoms with Crippen molar-refractivity contribution in [3.63, 3.8) is 0 Å². The molecule has 0 bridgehead atoms. The van der Waals surface area contributed by atoms with Gasteiger partial charge in [0.2, 0.25) is 5.95 Å². The van der Waals surface area contributed by atoms with Crippen LogP contribution in [0.1, 0.15) is 19.3 Å². The molecular weight excluding hydrogens is 765 g/mol. The SMILES string of the molecule is COc1cc(N2CCN(CCC3CCNCC3)CC2)c(-c2cnn(C)c2)cc1Nc1ncc(Br)c(Nc2ccc3nccnc3c2P(C)(C)=O)n1.Cl. The van der Waals surface area contributed by atoms with Crippen molar-refractivity contribution in [2.75, 3.05) is 81.8 Å². The molecule has 13 nitrogen and oxygen atoms in total. The lowest BCUT2D eigenvalue weighted by Gasteiger charge is -2.38. The van der Waals surface area contributed by atoms with Crippen molar-refractivity contribution in [2.24, 2.45) is 13.0 Å². The van der Waals surface area contributed by atoms with Crippen LogP contribution in [0.3, 0.4) is 0 Å². The molecule has 2 aliphatic rings. The molecule has 2 aromatic carbocycles. The zero-order chi connectivity index (χ0) is 35.5. The third kappa shape index (κ3) is 8.52. The number of nitrogens with one attached hydrogen (secondary N) is 3. The highest BCUT2D eigenvalue weighted by molar-refractivity contribution is 9.10. The largest absolute Gasteiger partial charge is 0.494 e. The molecule has 2 saturated heterocycles. The molecule has 0 atom stereocenters. The lowest BCUT2D eigenvalue weighted by molar-refractivity contribution is 0.224. The van der Waals surface area contributed by atoms with E-state index in [1.54, 1.807) is 39.0 Å². The molecule has 52 heavy (non-hydrogen) atoms. The zero-order valence-corrected chi connectivity index (χ0v) is 33.3. The van der Waals surface area contributed by atoms with Crippen LogP contribution in [0, 0.1) is 5.92 Å². The molecule has 2 aliphatic heterocycles. The molecule has 0 saturated carbocycles. The topological polar surface area (TPSA) is 138 Å². The number of methoxy groups -OCH3 is 1. The maximum atomic E-state index is 13.5. The maximum Gasteiger partial charge on any atom is 0.229 e. The van der Waals surface area contributed by atoms with Gasteiger partial charge in [-0.1, -0.05) is 0 Å². The first-order valence-electron chi connectivity index (χ1n) is 17.4. The van der Waals surface area contributed by atoms with Gasteiger partial charge in [0, 0.05) is 80.9 Å². The molecule has 3 aromatic heterocycles. The van der Waals surface area contributed by atoms with Crippen molar-refractivity contribution in [2.45, 2.75) is 19.3 Å². The minimum atomic E-state index is -2.77. The number of fused-ring (bicyclic) bond motifs is 1. The van der Waals surface area contributed by atoms with Gasteiger partial charge in [0.05, 0.1) is 40.0 Å². The maximum absolute atomic E-state index is 13.5. The summed E-state index contributed by atoms with van der Waals surface area (Å²) in [5.41, 5.74) is 5.83. The summed E-state index contributed by atoms with van der Waals surface area (Å²) in [6.07, 6.45) is 12.7. The third-order valence-electron chi connectivity index (χ3n) is 9.75. The van der Waals surface area contributed by atoms with Gasteiger partial charge in [-0.05, 0) is 92.3 Å². The molecule has 0 unspecified atom stereocenters. The average molecular weight is 811 g/mol. The first-order chi connectivity index (χ1) is 24.7. The Labute approximate surface area is 319 Å². The predicted molar refractivity (Wildman–Crippen MR) is 216 cm³/mol. The number of piperazine rings is 1. The second-order valence-electron chi connectivity index (χ2n) is 13.7. The third-order valence-corrected chi connectivity index (χ3v) is 11.9. The van der Waals surface area contributed by atoms with Crippen molar-refractivity contribution in [3.8, 4) is 16.9 Å². The lowest BCUT2D eigenvalue weighted by atomic mass is 9.94. The minimum Gasteiger partial charge on any atom is -0.494 e. The number of hydrogen-bond acceptors (Lipinski definition) is 12. The Morgan fingerprint density at radius 3 is 2.48 bits per heavy atom. The highest BCUT2D eigenvalue weighted by Crippen LogP contribution is 2.43. The molecular formula is C36H46BrClN11O2P. The van der Waals surface area contributed by atoms with Gasteiger partial charge in [0.15, 0.2) is 0 Å². The monoisotopic (exact) mass is 809 g/mol. The van der Waals surface area contributed by atoms with Gasteiger partial charge in [-0.25, -0.2) is 4.98 Å². The Morgan fingerprint density at radius 1 is 1.00 bits per heavy atom. The zero-order valence-electron chi connectivity index (χ0n) is 30.0.